The van der Waals surface area contributed by atoms with Gasteiger partial charge in [0.05, 0.1) is 19.1 Å². The number of benzene rings is 1. The first-order valence-corrected chi connectivity index (χ1v) is 7.40. The molecule has 0 saturated heterocycles. The van der Waals surface area contributed by atoms with E-state index in [4.69, 9.17) is 9.47 Å². The highest BCUT2D eigenvalue weighted by Crippen LogP contribution is 2.16. The molecule has 0 radical (unpaired) electrons. The van der Waals surface area contributed by atoms with Crippen LogP contribution in [0.2, 0.25) is 0 Å². The number of rotatable bonds is 9. The van der Waals surface area contributed by atoms with Crippen molar-refractivity contribution in [2.24, 2.45) is 5.92 Å². The van der Waals surface area contributed by atoms with E-state index in [1.165, 1.54) is 0 Å². The molecular weight excluding hydrogens is 268 g/mol. The van der Waals surface area contributed by atoms with Crippen LogP contribution in [-0.2, 0) is 20.7 Å². The molecule has 4 nitrogen and oxygen atoms in total. The van der Waals surface area contributed by atoms with E-state index in [1.807, 2.05) is 38.1 Å². The van der Waals surface area contributed by atoms with E-state index in [0.717, 1.165) is 17.7 Å². The van der Waals surface area contributed by atoms with Gasteiger partial charge in [0.1, 0.15) is 11.5 Å². The summed E-state index contributed by atoms with van der Waals surface area (Å²) in [5, 5.41) is 0. The van der Waals surface area contributed by atoms with E-state index in [1.54, 1.807) is 6.92 Å². The van der Waals surface area contributed by atoms with Crippen LogP contribution in [0, 0.1) is 5.92 Å². The molecule has 1 aromatic rings. The molecule has 4 heteroatoms. The largest absolute Gasteiger partial charge is 0.494 e. The fourth-order valence-corrected chi connectivity index (χ4v) is 1.95. The molecule has 0 spiro atoms. The Morgan fingerprint density at radius 2 is 1.86 bits per heavy atom. The third-order valence-electron chi connectivity index (χ3n) is 3.10. The lowest BCUT2D eigenvalue weighted by Gasteiger charge is -2.11. The lowest BCUT2D eigenvalue weighted by molar-refractivity contribution is -0.147. The summed E-state index contributed by atoms with van der Waals surface area (Å²) in [5.74, 6) is 0.655. The van der Waals surface area contributed by atoms with Gasteiger partial charge in [-0.3, -0.25) is 4.79 Å². The second-order valence-corrected chi connectivity index (χ2v) is 5.16. The van der Waals surface area contributed by atoms with Crippen LogP contribution in [0.15, 0.2) is 24.3 Å². The summed E-state index contributed by atoms with van der Waals surface area (Å²) >= 11 is 0. The van der Waals surface area contributed by atoms with Gasteiger partial charge in [-0.15, -0.1) is 0 Å². The summed E-state index contributed by atoms with van der Waals surface area (Å²) in [4.78, 5) is 22.4. The predicted octanol–water partition coefficient (Wildman–Crippen LogP) is 3.18. The van der Waals surface area contributed by atoms with Gasteiger partial charge in [-0.2, -0.15) is 0 Å². The Kier molecular flexibility index (Phi) is 7.51. The van der Waals surface area contributed by atoms with E-state index in [-0.39, 0.29) is 17.7 Å². The molecule has 0 saturated carbocycles. The van der Waals surface area contributed by atoms with Gasteiger partial charge in [-0.1, -0.05) is 19.1 Å². The van der Waals surface area contributed by atoms with Crippen LogP contribution in [-0.4, -0.2) is 25.0 Å². The molecule has 0 heterocycles. The molecule has 0 fully saturated rings. The number of ether oxygens (including phenoxy) is 2. The highest BCUT2D eigenvalue weighted by atomic mass is 16.5. The molecule has 1 rings (SSSR count). The van der Waals surface area contributed by atoms with Crippen LogP contribution in [0.4, 0.5) is 0 Å². The van der Waals surface area contributed by atoms with E-state index in [9.17, 15) is 9.59 Å². The number of esters is 1. The summed E-state index contributed by atoms with van der Waals surface area (Å²) in [5.41, 5.74) is 1.08. The number of carbonyl (C=O) groups is 2. The molecule has 0 amide bonds. The zero-order chi connectivity index (χ0) is 15.7. The van der Waals surface area contributed by atoms with Gasteiger partial charge in [0.25, 0.3) is 0 Å². The van der Waals surface area contributed by atoms with Gasteiger partial charge in [-0.25, -0.2) is 0 Å². The maximum atomic E-state index is 11.6. The summed E-state index contributed by atoms with van der Waals surface area (Å²) < 4.78 is 10.6. The number of hydrogen-bond acceptors (Lipinski definition) is 4. The van der Waals surface area contributed by atoms with Crippen molar-refractivity contribution in [3.8, 4) is 5.75 Å². The molecule has 0 aliphatic heterocycles. The number of carbonyl (C=O) groups excluding carboxylic acids is 2. The molecule has 116 valence electrons. The molecule has 21 heavy (non-hydrogen) atoms. The Morgan fingerprint density at radius 3 is 2.43 bits per heavy atom. The Balaban J connectivity index is 2.39. The maximum absolute atomic E-state index is 11.6. The maximum Gasteiger partial charge on any atom is 0.308 e. The summed E-state index contributed by atoms with van der Waals surface area (Å²) in [7, 11) is 0. The van der Waals surface area contributed by atoms with E-state index in [2.05, 4.69) is 0 Å². The summed E-state index contributed by atoms with van der Waals surface area (Å²) in [6.07, 6.45) is 1.94. The highest BCUT2D eigenvalue weighted by molar-refractivity contribution is 5.75. The molecule has 1 atom stereocenters. The van der Waals surface area contributed by atoms with Gasteiger partial charge in [0.2, 0.25) is 0 Å². The standard InChI is InChI=1S/C17H24O4/c1-4-20-17(19)13(2)12-15-7-9-16(10-8-15)21-11-5-6-14(3)18/h7-10,13H,4-6,11-12H2,1-3H3. The topological polar surface area (TPSA) is 52.6 Å². The molecule has 0 aromatic heterocycles. The molecule has 0 aliphatic rings. The average molecular weight is 292 g/mol. The monoisotopic (exact) mass is 292 g/mol. The quantitative estimate of drug-likeness (QED) is 0.518. The minimum Gasteiger partial charge on any atom is -0.494 e. The van der Waals surface area contributed by atoms with Crippen LogP contribution in [0.5, 0.6) is 5.75 Å². The first kappa shape index (κ1) is 17.2. The van der Waals surface area contributed by atoms with Crippen LogP contribution in [0.1, 0.15) is 39.2 Å². The van der Waals surface area contributed by atoms with Crippen molar-refractivity contribution in [3.05, 3.63) is 29.8 Å². The minimum atomic E-state index is -0.165. The molecular formula is C17H24O4. The minimum absolute atomic E-state index is 0.146. The highest BCUT2D eigenvalue weighted by Gasteiger charge is 2.14. The smallest absolute Gasteiger partial charge is 0.308 e. The Bertz CT molecular complexity index is 450. The number of ketones is 1. The van der Waals surface area contributed by atoms with Crippen molar-refractivity contribution in [2.75, 3.05) is 13.2 Å². The van der Waals surface area contributed by atoms with Gasteiger partial charge in [-0.05, 0) is 44.4 Å². The molecule has 1 unspecified atom stereocenters. The second kappa shape index (κ2) is 9.16. The molecule has 0 N–H and O–H groups in total. The van der Waals surface area contributed by atoms with Crippen molar-refractivity contribution in [2.45, 2.75) is 40.0 Å². The Hall–Kier alpha value is -1.84. The lowest BCUT2D eigenvalue weighted by Crippen LogP contribution is -2.16. The van der Waals surface area contributed by atoms with Crippen LogP contribution >= 0.6 is 0 Å². The van der Waals surface area contributed by atoms with Crippen molar-refractivity contribution in [1.82, 2.24) is 0 Å². The fourth-order valence-electron chi connectivity index (χ4n) is 1.95. The normalized spacial score (nSPS) is 11.8. The third-order valence-corrected chi connectivity index (χ3v) is 3.10. The Morgan fingerprint density at radius 1 is 1.19 bits per heavy atom. The lowest BCUT2D eigenvalue weighted by atomic mass is 10.0. The van der Waals surface area contributed by atoms with E-state index in [0.29, 0.717) is 26.1 Å². The second-order valence-electron chi connectivity index (χ2n) is 5.16. The number of Topliss-reactive ketones (excluding diaryl/α,β-unsaturated/α-hetero) is 1. The van der Waals surface area contributed by atoms with Gasteiger partial charge < -0.3 is 14.3 Å². The summed E-state index contributed by atoms with van der Waals surface area (Å²) in [6.45, 7) is 6.21. The Labute approximate surface area is 126 Å². The van der Waals surface area contributed by atoms with Crippen molar-refractivity contribution >= 4 is 11.8 Å². The first-order valence-electron chi connectivity index (χ1n) is 7.40. The SMILES string of the molecule is CCOC(=O)C(C)Cc1ccc(OCCCC(C)=O)cc1. The zero-order valence-corrected chi connectivity index (χ0v) is 13.1. The van der Waals surface area contributed by atoms with Crippen molar-refractivity contribution in [1.29, 1.82) is 0 Å². The average Bonchev–Trinajstić information content (AvgIpc) is 2.45. The number of hydrogen-bond donors (Lipinski definition) is 0. The molecule has 0 bridgehead atoms. The molecule has 0 aliphatic carbocycles. The zero-order valence-electron chi connectivity index (χ0n) is 13.1. The van der Waals surface area contributed by atoms with Crippen molar-refractivity contribution in [3.63, 3.8) is 0 Å². The predicted molar refractivity (Wildman–Crippen MR) is 81.4 cm³/mol. The van der Waals surface area contributed by atoms with E-state index < -0.39 is 0 Å². The van der Waals surface area contributed by atoms with Crippen LogP contribution in [0.3, 0.4) is 0 Å². The van der Waals surface area contributed by atoms with E-state index >= 15 is 0 Å². The van der Waals surface area contributed by atoms with Gasteiger partial charge in [0, 0.05) is 6.42 Å². The third kappa shape index (κ3) is 6.93. The molecule has 1 aromatic carbocycles. The van der Waals surface area contributed by atoms with Crippen molar-refractivity contribution < 1.29 is 19.1 Å². The van der Waals surface area contributed by atoms with Gasteiger partial charge >= 0.3 is 5.97 Å². The summed E-state index contributed by atoms with van der Waals surface area (Å²) in [6, 6.07) is 7.69. The van der Waals surface area contributed by atoms with Crippen LogP contribution < -0.4 is 4.74 Å². The van der Waals surface area contributed by atoms with Gasteiger partial charge in [0.15, 0.2) is 0 Å². The fraction of sp³-hybridized carbons (Fsp3) is 0.529. The first-order chi connectivity index (χ1) is 10.0. The van der Waals surface area contributed by atoms with Crippen LogP contribution in [0.25, 0.3) is 0 Å².